The number of benzene rings is 3. The number of hydrogen-bond donors (Lipinski definition) is 1. The lowest BCUT2D eigenvalue weighted by Gasteiger charge is -2.32. The SMILES string of the molecule is CNC(=O)[C@@H](Cc1ccccc1)N(Cc1ccc(C)cc1)C(=O)CCCN(c1cccc(C)c1C)S(C)(=O)=O. The minimum Gasteiger partial charge on any atom is -0.357 e. The van der Waals surface area contributed by atoms with Gasteiger partial charge in [0.05, 0.1) is 11.9 Å². The van der Waals surface area contributed by atoms with Gasteiger partial charge in [-0.3, -0.25) is 13.9 Å². The molecular weight excluding hydrogens is 510 g/mol. The number of likely N-dealkylation sites (N-methyl/N-ethyl adjacent to an activating group) is 1. The predicted molar refractivity (Wildman–Crippen MR) is 157 cm³/mol. The summed E-state index contributed by atoms with van der Waals surface area (Å²) in [5, 5.41) is 2.72. The van der Waals surface area contributed by atoms with Crippen LogP contribution in [0.2, 0.25) is 0 Å². The summed E-state index contributed by atoms with van der Waals surface area (Å²) in [6.45, 7) is 6.28. The standard InChI is InChI=1S/C31H39N3O4S/c1-23-16-18-27(19-17-23)22-33(29(31(36)32-4)21-26-12-7-6-8-13-26)30(35)15-10-20-34(39(5,37)38)28-14-9-11-24(2)25(28)3/h6-9,11-14,16-19,29H,10,15,20-22H2,1-5H3,(H,32,36)/t29-/m1/s1. The maximum absolute atomic E-state index is 13.7. The van der Waals surface area contributed by atoms with Gasteiger partial charge in [0.2, 0.25) is 21.8 Å². The minimum atomic E-state index is -3.56. The number of aryl methyl sites for hydroxylation is 2. The third kappa shape index (κ3) is 8.17. The number of carbonyl (C=O) groups excluding carboxylic acids is 2. The zero-order valence-corrected chi connectivity index (χ0v) is 24.3. The quantitative estimate of drug-likeness (QED) is 0.359. The molecule has 0 saturated carbocycles. The fraction of sp³-hybridized carbons (Fsp3) is 0.355. The van der Waals surface area contributed by atoms with Gasteiger partial charge in [-0.05, 0) is 55.5 Å². The van der Waals surface area contributed by atoms with Crippen LogP contribution in [0.25, 0.3) is 0 Å². The summed E-state index contributed by atoms with van der Waals surface area (Å²) in [6.07, 6.45) is 1.97. The van der Waals surface area contributed by atoms with Crippen LogP contribution in [0.5, 0.6) is 0 Å². The van der Waals surface area contributed by atoms with E-state index in [1.54, 1.807) is 18.0 Å². The van der Waals surface area contributed by atoms with Crippen molar-refractivity contribution in [1.82, 2.24) is 10.2 Å². The van der Waals surface area contributed by atoms with Crippen LogP contribution in [0, 0.1) is 20.8 Å². The number of rotatable bonds is 12. The molecule has 3 rings (SSSR count). The fourth-order valence-corrected chi connectivity index (χ4v) is 5.61. The van der Waals surface area contributed by atoms with Crippen molar-refractivity contribution in [1.29, 1.82) is 0 Å². The average molecular weight is 550 g/mol. The zero-order valence-electron chi connectivity index (χ0n) is 23.5. The van der Waals surface area contributed by atoms with Gasteiger partial charge >= 0.3 is 0 Å². The first-order chi connectivity index (χ1) is 18.5. The Balaban J connectivity index is 1.86. The van der Waals surface area contributed by atoms with Gasteiger partial charge in [-0.15, -0.1) is 0 Å². The molecular formula is C31H39N3O4S. The molecule has 39 heavy (non-hydrogen) atoms. The van der Waals surface area contributed by atoms with Crippen molar-refractivity contribution < 1.29 is 18.0 Å². The molecule has 1 atom stereocenters. The first-order valence-electron chi connectivity index (χ1n) is 13.2. The van der Waals surface area contributed by atoms with Gasteiger partial charge in [0.1, 0.15) is 6.04 Å². The second kappa shape index (κ2) is 13.4. The number of carbonyl (C=O) groups is 2. The molecule has 0 aliphatic rings. The Morgan fingerprint density at radius 3 is 2.15 bits per heavy atom. The number of nitrogens with one attached hydrogen (secondary N) is 1. The Hall–Kier alpha value is -3.65. The molecule has 0 saturated heterocycles. The summed E-state index contributed by atoms with van der Waals surface area (Å²) < 4.78 is 26.8. The summed E-state index contributed by atoms with van der Waals surface area (Å²) in [4.78, 5) is 28.4. The zero-order chi connectivity index (χ0) is 28.6. The van der Waals surface area contributed by atoms with E-state index in [1.165, 1.54) is 10.6 Å². The highest BCUT2D eigenvalue weighted by Gasteiger charge is 2.30. The van der Waals surface area contributed by atoms with E-state index < -0.39 is 16.1 Å². The molecule has 3 aromatic carbocycles. The van der Waals surface area contributed by atoms with Gasteiger partial charge in [0, 0.05) is 33.0 Å². The molecule has 0 spiro atoms. The minimum absolute atomic E-state index is 0.102. The van der Waals surface area contributed by atoms with Crippen molar-refractivity contribution in [3.8, 4) is 0 Å². The molecule has 2 amide bonds. The lowest BCUT2D eigenvalue weighted by Crippen LogP contribution is -2.49. The van der Waals surface area contributed by atoms with Crippen LogP contribution in [-0.2, 0) is 32.6 Å². The molecule has 0 aromatic heterocycles. The Bertz CT molecular complexity index is 1370. The summed E-state index contributed by atoms with van der Waals surface area (Å²) in [5.74, 6) is -0.443. The van der Waals surface area contributed by atoms with Crippen molar-refractivity contribution in [2.24, 2.45) is 0 Å². The second-order valence-corrected chi connectivity index (χ2v) is 11.9. The first kappa shape index (κ1) is 29.9. The average Bonchev–Trinajstić information content (AvgIpc) is 2.91. The van der Waals surface area contributed by atoms with Crippen LogP contribution in [0.1, 0.15) is 40.7 Å². The molecule has 0 bridgehead atoms. The summed E-state index contributed by atoms with van der Waals surface area (Å²) in [6, 6.07) is 22.4. The molecule has 0 aliphatic heterocycles. The Morgan fingerprint density at radius 1 is 0.872 bits per heavy atom. The number of sulfonamides is 1. The van der Waals surface area contributed by atoms with Crippen molar-refractivity contribution in [2.45, 2.75) is 52.6 Å². The highest BCUT2D eigenvalue weighted by Crippen LogP contribution is 2.26. The normalized spacial score (nSPS) is 12.0. The molecule has 0 fully saturated rings. The Morgan fingerprint density at radius 2 is 1.54 bits per heavy atom. The molecule has 0 heterocycles. The van der Waals surface area contributed by atoms with Gasteiger partial charge in [-0.25, -0.2) is 8.42 Å². The van der Waals surface area contributed by atoms with Gasteiger partial charge in [0.25, 0.3) is 0 Å². The van der Waals surface area contributed by atoms with Gasteiger partial charge < -0.3 is 10.2 Å². The third-order valence-electron chi connectivity index (χ3n) is 6.99. The molecule has 0 aliphatic carbocycles. The van der Waals surface area contributed by atoms with E-state index in [-0.39, 0.29) is 31.3 Å². The van der Waals surface area contributed by atoms with E-state index in [1.807, 2.05) is 87.5 Å². The maximum Gasteiger partial charge on any atom is 0.242 e. The summed E-state index contributed by atoms with van der Waals surface area (Å²) in [5.41, 5.74) is 5.48. The van der Waals surface area contributed by atoms with Gasteiger partial charge in [-0.1, -0.05) is 72.3 Å². The lowest BCUT2D eigenvalue weighted by atomic mass is 10.0. The van der Waals surface area contributed by atoms with E-state index in [4.69, 9.17) is 0 Å². The molecule has 3 aromatic rings. The number of nitrogens with zero attached hydrogens (tertiary/aromatic N) is 2. The Labute approximate surface area is 232 Å². The highest BCUT2D eigenvalue weighted by atomic mass is 32.2. The van der Waals surface area contributed by atoms with E-state index >= 15 is 0 Å². The van der Waals surface area contributed by atoms with Crippen molar-refractivity contribution in [3.05, 3.63) is 101 Å². The topological polar surface area (TPSA) is 86.8 Å². The van der Waals surface area contributed by atoms with Crippen molar-refractivity contribution in [3.63, 3.8) is 0 Å². The van der Waals surface area contributed by atoms with E-state index in [2.05, 4.69) is 5.32 Å². The molecule has 208 valence electrons. The van der Waals surface area contributed by atoms with Crippen molar-refractivity contribution >= 4 is 27.5 Å². The fourth-order valence-electron chi connectivity index (χ4n) is 4.60. The molecule has 1 N–H and O–H groups in total. The number of anilines is 1. The third-order valence-corrected chi connectivity index (χ3v) is 8.17. The van der Waals surface area contributed by atoms with Gasteiger partial charge in [0.15, 0.2) is 0 Å². The van der Waals surface area contributed by atoms with E-state index in [0.29, 0.717) is 18.5 Å². The largest absolute Gasteiger partial charge is 0.357 e. The van der Waals surface area contributed by atoms with Gasteiger partial charge in [-0.2, -0.15) is 0 Å². The van der Waals surface area contributed by atoms with E-state index in [9.17, 15) is 18.0 Å². The monoisotopic (exact) mass is 549 g/mol. The van der Waals surface area contributed by atoms with E-state index in [0.717, 1.165) is 27.8 Å². The number of hydrogen-bond acceptors (Lipinski definition) is 4. The number of amides is 2. The van der Waals surface area contributed by atoms with Crippen LogP contribution in [0.4, 0.5) is 5.69 Å². The highest BCUT2D eigenvalue weighted by molar-refractivity contribution is 7.92. The molecule has 8 heteroatoms. The summed E-state index contributed by atoms with van der Waals surface area (Å²) in [7, 11) is -1.99. The van der Waals surface area contributed by atoms with Crippen LogP contribution >= 0.6 is 0 Å². The second-order valence-electron chi connectivity index (χ2n) is 9.98. The van der Waals surface area contributed by atoms with Crippen molar-refractivity contribution in [2.75, 3.05) is 24.2 Å². The first-order valence-corrected chi connectivity index (χ1v) is 15.0. The van der Waals surface area contributed by atoms with Crippen LogP contribution in [0.3, 0.4) is 0 Å². The molecule has 0 radical (unpaired) electrons. The summed E-state index contributed by atoms with van der Waals surface area (Å²) >= 11 is 0. The van der Waals surface area contributed by atoms with Crippen LogP contribution < -0.4 is 9.62 Å². The molecule has 7 nitrogen and oxygen atoms in total. The van der Waals surface area contributed by atoms with Crippen LogP contribution in [-0.4, -0.2) is 51.0 Å². The predicted octanol–water partition coefficient (Wildman–Crippen LogP) is 4.54. The lowest BCUT2D eigenvalue weighted by molar-refractivity contribution is -0.141. The smallest absolute Gasteiger partial charge is 0.242 e. The maximum atomic E-state index is 13.7. The molecule has 0 unspecified atom stereocenters. The Kier molecular flexibility index (Phi) is 10.3. The van der Waals surface area contributed by atoms with Crippen LogP contribution in [0.15, 0.2) is 72.8 Å².